The average molecular weight is 511 g/mol. The molecule has 0 amide bonds. The van der Waals surface area contributed by atoms with E-state index in [-0.39, 0.29) is 6.07 Å². The Kier molecular flexibility index (Phi) is 5.71. The van der Waals surface area contributed by atoms with Gasteiger partial charge >= 0.3 is 18.3 Å². The summed E-state index contributed by atoms with van der Waals surface area (Å²) in [5, 5.41) is 12.7. The number of hydrogen-bond acceptors (Lipinski definition) is 3. The molecule has 0 spiro atoms. The first-order valence-electron chi connectivity index (χ1n) is 6.52. The van der Waals surface area contributed by atoms with Crippen LogP contribution in [0.25, 0.3) is 11.4 Å². The van der Waals surface area contributed by atoms with E-state index in [9.17, 15) is 31.1 Å². The number of rotatable bonds is 4. The fourth-order valence-electron chi connectivity index (χ4n) is 1.86. The van der Waals surface area contributed by atoms with Crippen LogP contribution in [0.2, 0.25) is 0 Å². The second-order valence-corrected chi connectivity index (χ2v) is 6.88. The molecule has 142 valence electrons. The van der Waals surface area contributed by atoms with Crippen molar-refractivity contribution >= 4 is 37.8 Å². The number of halogens is 8. The Morgan fingerprint density at radius 3 is 1.96 bits per heavy atom. The third-order valence-electron chi connectivity index (χ3n) is 3.08. The number of aliphatic carboxylic acids is 1. The molecule has 0 aliphatic carbocycles. The summed E-state index contributed by atoms with van der Waals surface area (Å²) in [5.41, 5.74) is -3.51. The molecule has 2 rings (SSSR count). The largest absolute Gasteiger partial charge is 0.480 e. The fourth-order valence-corrected chi connectivity index (χ4v) is 2.53. The Hall–Kier alpha value is -1.63. The van der Waals surface area contributed by atoms with E-state index in [1.54, 1.807) is 0 Å². The van der Waals surface area contributed by atoms with E-state index in [0.29, 0.717) is 12.1 Å². The molecule has 1 heterocycles. The zero-order valence-electron chi connectivity index (χ0n) is 12.2. The van der Waals surface area contributed by atoms with Gasteiger partial charge in [0.05, 0.1) is 11.1 Å². The zero-order valence-corrected chi connectivity index (χ0v) is 15.4. The Balaban J connectivity index is 2.50. The summed E-state index contributed by atoms with van der Waals surface area (Å²) in [4.78, 5) is 12.4. The smallest absolute Gasteiger partial charge is 0.416 e. The van der Waals surface area contributed by atoms with Crippen LogP contribution in [0.4, 0.5) is 26.3 Å². The highest BCUT2D eigenvalue weighted by Gasteiger charge is 2.37. The molecule has 1 aromatic heterocycles. The average Bonchev–Trinajstić information content (AvgIpc) is 3.01. The van der Waals surface area contributed by atoms with Crippen molar-refractivity contribution in [1.29, 1.82) is 0 Å². The number of hydrogen-bond donors (Lipinski definition) is 1. The molecule has 0 aliphatic heterocycles. The van der Waals surface area contributed by atoms with Crippen molar-refractivity contribution in [2.45, 2.75) is 22.1 Å². The maximum Gasteiger partial charge on any atom is 0.416 e. The van der Waals surface area contributed by atoms with Gasteiger partial charge in [0, 0.05) is 5.56 Å². The molecule has 0 fully saturated rings. The summed E-state index contributed by atoms with van der Waals surface area (Å²) in [7, 11) is 0. The van der Waals surface area contributed by atoms with Crippen molar-refractivity contribution in [2.24, 2.45) is 0 Å². The van der Waals surface area contributed by atoms with Crippen LogP contribution in [0.3, 0.4) is 0 Å². The molecule has 0 bridgehead atoms. The molecular weight excluding hydrogens is 504 g/mol. The maximum atomic E-state index is 12.9. The number of carboxylic acid groups (broad SMARTS) is 1. The molecule has 2 unspecified atom stereocenters. The monoisotopic (exact) mass is 509 g/mol. The van der Waals surface area contributed by atoms with Crippen LogP contribution in [-0.4, -0.2) is 30.7 Å². The first-order valence-corrected chi connectivity index (χ1v) is 8.36. The minimum Gasteiger partial charge on any atom is -0.480 e. The van der Waals surface area contributed by atoms with Gasteiger partial charge in [0.1, 0.15) is 16.1 Å². The summed E-state index contributed by atoms with van der Waals surface area (Å²) in [6, 6.07) is 0.967. The van der Waals surface area contributed by atoms with Gasteiger partial charge in [0.15, 0.2) is 5.82 Å². The van der Waals surface area contributed by atoms with Crippen LogP contribution in [0.5, 0.6) is 0 Å². The SMILES string of the molecule is O=C(O)C(Br)C(Br)n1cnc(-c2cc(C(F)(F)F)cc(C(F)(F)F)c2)n1. The lowest BCUT2D eigenvalue weighted by atomic mass is 10.0. The van der Waals surface area contributed by atoms with Gasteiger partial charge in [-0.15, -0.1) is 5.10 Å². The predicted molar refractivity (Wildman–Crippen MR) is 83.8 cm³/mol. The molecule has 0 radical (unpaired) electrons. The molecule has 0 saturated carbocycles. The Bertz CT molecular complexity index is 789. The minimum atomic E-state index is -5.00. The number of alkyl halides is 8. The molecule has 2 aromatic rings. The van der Waals surface area contributed by atoms with E-state index >= 15 is 0 Å². The van der Waals surface area contributed by atoms with Crippen molar-refractivity contribution in [3.05, 3.63) is 35.7 Å². The van der Waals surface area contributed by atoms with Gasteiger partial charge in [-0.05, 0) is 18.2 Å². The summed E-state index contributed by atoms with van der Waals surface area (Å²) < 4.78 is 78.3. The van der Waals surface area contributed by atoms with Gasteiger partial charge < -0.3 is 5.11 Å². The van der Waals surface area contributed by atoms with Crippen molar-refractivity contribution in [3.63, 3.8) is 0 Å². The van der Waals surface area contributed by atoms with Crippen molar-refractivity contribution in [2.75, 3.05) is 0 Å². The number of carbonyl (C=O) groups is 1. The molecule has 13 heteroatoms. The van der Waals surface area contributed by atoms with E-state index in [2.05, 4.69) is 41.9 Å². The first kappa shape index (κ1) is 20.7. The normalized spacial score (nSPS) is 14.9. The summed E-state index contributed by atoms with van der Waals surface area (Å²) in [5.74, 6) is -1.68. The van der Waals surface area contributed by atoms with Crippen LogP contribution < -0.4 is 0 Å². The number of carboxylic acids is 1. The Morgan fingerprint density at radius 2 is 1.54 bits per heavy atom. The number of aromatic nitrogens is 3. The second-order valence-electron chi connectivity index (χ2n) is 4.96. The van der Waals surface area contributed by atoms with Crippen LogP contribution in [-0.2, 0) is 17.1 Å². The van der Waals surface area contributed by atoms with Crippen molar-refractivity contribution in [3.8, 4) is 11.4 Å². The Morgan fingerprint density at radius 1 is 1.04 bits per heavy atom. The summed E-state index contributed by atoms with van der Waals surface area (Å²) >= 11 is 5.86. The summed E-state index contributed by atoms with van der Waals surface area (Å²) in [6.45, 7) is 0. The van der Waals surface area contributed by atoms with Crippen LogP contribution in [0.15, 0.2) is 24.5 Å². The predicted octanol–water partition coefficient (Wildman–Crippen LogP) is 4.72. The molecule has 5 nitrogen and oxygen atoms in total. The highest BCUT2D eigenvalue weighted by Crippen LogP contribution is 2.38. The molecule has 2 atom stereocenters. The van der Waals surface area contributed by atoms with Gasteiger partial charge in [-0.1, -0.05) is 31.9 Å². The van der Waals surface area contributed by atoms with Gasteiger partial charge in [0.2, 0.25) is 0 Å². The van der Waals surface area contributed by atoms with Crippen molar-refractivity contribution < 1.29 is 36.2 Å². The topological polar surface area (TPSA) is 68.0 Å². The highest BCUT2D eigenvalue weighted by atomic mass is 79.9. The molecule has 26 heavy (non-hydrogen) atoms. The number of nitrogens with zero attached hydrogens (tertiary/aromatic N) is 3. The van der Waals surface area contributed by atoms with Gasteiger partial charge in [-0.2, -0.15) is 26.3 Å². The fraction of sp³-hybridized carbons (Fsp3) is 0.308. The zero-order chi connectivity index (χ0) is 19.9. The van der Waals surface area contributed by atoms with E-state index in [1.165, 1.54) is 0 Å². The second kappa shape index (κ2) is 7.18. The van der Waals surface area contributed by atoms with E-state index in [4.69, 9.17) is 5.11 Å². The molecule has 1 N–H and O–H groups in total. The van der Waals surface area contributed by atoms with E-state index in [0.717, 1.165) is 11.0 Å². The quantitative estimate of drug-likeness (QED) is 0.477. The lowest BCUT2D eigenvalue weighted by molar-refractivity contribution is -0.143. The van der Waals surface area contributed by atoms with Gasteiger partial charge in [-0.3, -0.25) is 4.79 Å². The van der Waals surface area contributed by atoms with Crippen LogP contribution in [0.1, 0.15) is 16.1 Å². The molecule has 0 saturated heterocycles. The highest BCUT2D eigenvalue weighted by molar-refractivity contribution is 9.12. The Labute approximate surface area is 158 Å². The van der Waals surface area contributed by atoms with Gasteiger partial charge in [-0.25, -0.2) is 9.67 Å². The summed E-state index contributed by atoms with van der Waals surface area (Å²) in [6.07, 6.45) is -9.01. The minimum absolute atomic E-state index is 0.00721. The standard InChI is InChI=1S/C13H7Br2F6N3O2/c14-8(11(25)26)9(15)24-4-22-10(23-24)5-1-6(12(16,17)18)3-7(2-5)13(19,20)21/h1-4,8-9H,(H,25,26). The third-order valence-corrected chi connectivity index (χ3v) is 5.63. The first-order chi connectivity index (χ1) is 11.8. The molecular formula is C13H7Br2F6N3O2. The van der Waals surface area contributed by atoms with Crippen LogP contribution in [0, 0.1) is 0 Å². The maximum absolute atomic E-state index is 12.9. The van der Waals surface area contributed by atoms with Crippen LogP contribution >= 0.6 is 31.9 Å². The number of benzene rings is 1. The lowest BCUT2D eigenvalue weighted by Crippen LogP contribution is -2.22. The molecule has 1 aromatic carbocycles. The van der Waals surface area contributed by atoms with Gasteiger partial charge in [0.25, 0.3) is 0 Å². The molecule has 0 aliphatic rings. The lowest BCUT2D eigenvalue weighted by Gasteiger charge is -2.13. The van der Waals surface area contributed by atoms with Crippen molar-refractivity contribution in [1.82, 2.24) is 14.8 Å². The van der Waals surface area contributed by atoms with E-state index in [1.807, 2.05) is 0 Å². The van der Waals surface area contributed by atoms with E-state index < -0.39 is 50.6 Å². The third kappa shape index (κ3) is 4.55.